The van der Waals surface area contributed by atoms with Crippen LogP contribution in [0.2, 0.25) is 0 Å². The fourth-order valence-electron chi connectivity index (χ4n) is 1.46. The molecule has 2 N–H and O–H groups in total. The normalized spacial score (nSPS) is 11.7. The van der Waals surface area contributed by atoms with Gasteiger partial charge < -0.3 is 5.73 Å². The van der Waals surface area contributed by atoms with Gasteiger partial charge in [0, 0.05) is 18.4 Å². The van der Waals surface area contributed by atoms with Crippen LogP contribution in [0.1, 0.15) is 17.0 Å². The molecule has 0 radical (unpaired) electrons. The zero-order chi connectivity index (χ0) is 14.8. The Kier molecular flexibility index (Phi) is 4.24. The molecule has 0 fully saturated rings. The average Bonchev–Trinajstić information content (AvgIpc) is 2.37. The summed E-state index contributed by atoms with van der Waals surface area (Å²) in [4.78, 5) is 12.1. The molecule has 0 saturated carbocycles. The van der Waals surface area contributed by atoms with Crippen LogP contribution in [0.5, 0.6) is 0 Å². The Bertz CT molecular complexity index is 599. The maximum Gasteiger partial charge on any atom is 0.417 e. The van der Waals surface area contributed by atoms with E-state index in [-0.39, 0.29) is 6.54 Å². The van der Waals surface area contributed by atoms with Crippen molar-refractivity contribution >= 4 is 11.8 Å². The highest BCUT2D eigenvalue weighted by molar-refractivity contribution is 7.99. The molecule has 0 aliphatic carbocycles. The molecular weight excluding hydrogens is 289 g/mol. The number of aryl methyl sites for hydroxylation is 1. The van der Waals surface area contributed by atoms with Crippen LogP contribution in [0, 0.1) is 6.92 Å². The topological polar surface area (TPSA) is 64.7 Å². The Labute approximate surface area is 117 Å². The Balaban J connectivity index is 2.20. The van der Waals surface area contributed by atoms with E-state index in [0.29, 0.717) is 15.9 Å². The number of nitrogens with zero attached hydrogens (tertiary/aromatic N) is 3. The second kappa shape index (κ2) is 5.76. The first-order chi connectivity index (χ1) is 9.38. The Morgan fingerprint density at radius 3 is 2.55 bits per heavy atom. The van der Waals surface area contributed by atoms with E-state index < -0.39 is 11.7 Å². The molecule has 20 heavy (non-hydrogen) atoms. The van der Waals surface area contributed by atoms with Crippen molar-refractivity contribution in [3.8, 4) is 0 Å². The lowest BCUT2D eigenvalue weighted by Crippen LogP contribution is -2.05. The number of rotatable bonds is 3. The fraction of sp³-hybridized carbons (Fsp3) is 0.250. The van der Waals surface area contributed by atoms with Crippen LogP contribution >= 0.6 is 11.8 Å². The quantitative estimate of drug-likeness (QED) is 0.883. The summed E-state index contributed by atoms with van der Waals surface area (Å²) in [5.74, 6) is 0. The Morgan fingerprint density at radius 2 is 2.00 bits per heavy atom. The third kappa shape index (κ3) is 3.67. The van der Waals surface area contributed by atoms with E-state index in [0.717, 1.165) is 29.7 Å². The predicted molar refractivity (Wildman–Crippen MR) is 68.0 cm³/mol. The van der Waals surface area contributed by atoms with E-state index >= 15 is 0 Å². The minimum Gasteiger partial charge on any atom is -0.325 e. The van der Waals surface area contributed by atoms with Crippen molar-refractivity contribution in [2.24, 2.45) is 5.73 Å². The van der Waals surface area contributed by atoms with Gasteiger partial charge in [-0.1, -0.05) is 0 Å². The molecule has 0 bridgehead atoms. The summed E-state index contributed by atoms with van der Waals surface area (Å²) < 4.78 is 37.2. The molecular formula is C12H11F3N4S. The number of aromatic nitrogens is 3. The number of alkyl halides is 3. The molecule has 0 unspecified atom stereocenters. The second-order valence-electron chi connectivity index (χ2n) is 3.97. The highest BCUT2D eigenvalue weighted by Crippen LogP contribution is 2.30. The zero-order valence-corrected chi connectivity index (χ0v) is 11.3. The first-order valence-electron chi connectivity index (χ1n) is 5.64. The monoisotopic (exact) mass is 300 g/mol. The molecule has 2 aromatic rings. The summed E-state index contributed by atoms with van der Waals surface area (Å²) in [6, 6.07) is 4.03. The van der Waals surface area contributed by atoms with Crippen LogP contribution in [0.15, 0.2) is 34.6 Å². The van der Waals surface area contributed by atoms with Gasteiger partial charge in [0.2, 0.25) is 0 Å². The third-order valence-corrected chi connectivity index (χ3v) is 3.17. The van der Waals surface area contributed by atoms with Gasteiger partial charge in [0.1, 0.15) is 5.03 Å². The van der Waals surface area contributed by atoms with E-state index in [1.807, 2.05) is 0 Å². The molecule has 2 heterocycles. The third-order valence-electron chi connectivity index (χ3n) is 2.36. The predicted octanol–water partition coefficient (Wildman–Crippen LogP) is 2.81. The second-order valence-corrected chi connectivity index (χ2v) is 4.96. The van der Waals surface area contributed by atoms with E-state index in [4.69, 9.17) is 5.73 Å². The van der Waals surface area contributed by atoms with Gasteiger partial charge in [0.25, 0.3) is 0 Å². The molecule has 4 nitrogen and oxygen atoms in total. The molecule has 2 aromatic heterocycles. The van der Waals surface area contributed by atoms with Crippen molar-refractivity contribution in [2.75, 3.05) is 0 Å². The summed E-state index contributed by atoms with van der Waals surface area (Å²) in [6.07, 6.45) is -3.59. The molecule has 0 aromatic carbocycles. The molecule has 8 heteroatoms. The fourth-order valence-corrected chi connectivity index (χ4v) is 2.24. The van der Waals surface area contributed by atoms with Gasteiger partial charge in [-0.05, 0) is 36.9 Å². The summed E-state index contributed by atoms with van der Waals surface area (Å²) in [5, 5.41) is 0.810. The average molecular weight is 300 g/mol. The van der Waals surface area contributed by atoms with E-state index in [9.17, 15) is 13.2 Å². The van der Waals surface area contributed by atoms with Crippen LogP contribution in [0.4, 0.5) is 13.2 Å². The SMILES string of the molecule is Cc1cc(CN)nc(Sc2ccc(C(F)(F)F)cn2)n1. The number of hydrogen-bond donors (Lipinski definition) is 1. The Hall–Kier alpha value is -1.67. The summed E-state index contributed by atoms with van der Waals surface area (Å²) >= 11 is 1.09. The minimum absolute atomic E-state index is 0.275. The molecule has 0 amide bonds. The maximum atomic E-state index is 12.4. The van der Waals surface area contributed by atoms with Gasteiger partial charge in [-0.15, -0.1) is 0 Å². The van der Waals surface area contributed by atoms with Crippen molar-refractivity contribution in [1.29, 1.82) is 0 Å². The summed E-state index contributed by atoms with van der Waals surface area (Å²) in [7, 11) is 0. The molecule has 0 spiro atoms. The van der Waals surface area contributed by atoms with Gasteiger partial charge in [0.15, 0.2) is 5.16 Å². The van der Waals surface area contributed by atoms with Crippen LogP contribution in [-0.4, -0.2) is 15.0 Å². The first kappa shape index (κ1) is 14.7. The molecule has 0 saturated heterocycles. The van der Waals surface area contributed by atoms with Crippen LogP contribution in [-0.2, 0) is 12.7 Å². The van der Waals surface area contributed by atoms with Gasteiger partial charge in [-0.2, -0.15) is 13.2 Å². The summed E-state index contributed by atoms with van der Waals surface area (Å²) in [6.45, 7) is 2.07. The van der Waals surface area contributed by atoms with Crippen molar-refractivity contribution in [3.63, 3.8) is 0 Å². The molecule has 106 valence electrons. The highest BCUT2D eigenvalue weighted by atomic mass is 32.2. The van der Waals surface area contributed by atoms with Crippen LogP contribution < -0.4 is 5.73 Å². The molecule has 0 aliphatic heterocycles. The van der Waals surface area contributed by atoms with Gasteiger partial charge >= 0.3 is 6.18 Å². The van der Waals surface area contributed by atoms with Gasteiger partial charge in [-0.25, -0.2) is 15.0 Å². The van der Waals surface area contributed by atoms with E-state index in [1.165, 1.54) is 6.07 Å². The van der Waals surface area contributed by atoms with E-state index in [1.54, 1.807) is 13.0 Å². The lowest BCUT2D eigenvalue weighted by Gasteiger charge is -2.07. The van der Waals surface area contributed by atoms with Crippen molar-refractivity contribution < 1.29 is 13.2 Å². The smallest absolute Gasteiger partial charge is 0.325 e. The molecule has 0 atom stereocenters. The van der Waals surface area contributed by atoms with Gasteiger partial charge in [0.05, 0.1) is 11.3 Å². The highest BCUT2D eigenvalue weighted by Gasteiger charge is 2.30. The molecule has 0 aliphatic rings. The number of halogens is 3. The lowest BCUT2D eigenvalue weighted by atomic mass is 10.3. The van der Waals surface area contributed by atoms with E-state index in [2.05, 4.69) is 15.0 Å². The van der Waals surface area contributed by atoms with Crippen LogP contribution in [0.25, 0.3) is 0 Å². The van der Waals surface area contributed by atoms with Crippen molar-refractivity contribution in [2.45, 2.75) is 29.8 Å². The largest absolute Gasteiger partial charge is 0.417 e. The number of nitrogens with two attached hydrogens (primary N) is 1. The van der Waals surface area contributed by atoms with Crippen molar-refractivity contribution in [3.05, 3.63) is 41.3 Å². The van der Waals surface area contributed by atoms with Crippen molar-refractivity contribution in [1.82, 2.24) is 15.0 Å². The Morgan fingerprint density at radius 1 is 1.25 bits per heavy atom. The minimum atomic E-state index is -4.39. The number of pyridine rings is 1. The standard InChI is InChI=1S/C12H11F3N4S/c1-7-4-9(5-16)19-11(18-7)20-10-3-2-8(6-17-10)12(13,14)15/h2-4,6H,5,16H2,1H3. The summed E-state index contributed by atoms with van der Waals surface area (Å²) in [5.41, 5.74) is 6.14. The lowest BCUT2D eigenvalue weighted by molar-refractivity contribution is -0.137. The maximum absolute atomic E-state index is 12.4. The zero-order valence-electron chi connectivity index (χ0n) is 10.5. The van der Waals surface area contributed by atoms with Gasteiger partial charge in [-0.3, -0.25) is 0 Å². The number of hydrogen-bond acceptors (Lipinski definition) is 5. The molecule has 2 rings (SSSR count). The first-order valence-corrected chi connectivity index (χ1v) is 6.46. The van der Waals surface area contributed by atoms with Crippen LogP contribution in [0.3, 0.4) is 0 Å².